The number of hydrogen-bond acceptors (Lipinski definition) is 3. The van der Waals surface area contributed by atoms with Crippen molar-refractivity contribution in [1.82, 2.24) is 19.6 Å². The van der Waals surface area contributed by atoms with Crippen molar-refractivity contribution in [2.45, 2.75) is 26.1 Å². The van der Waals surface area contributed by atoms with E-state index in [0.717, 1.165) is 33.5 Å². The topological polar surface area (TPSA) is 55.9 Å². The van der Waals surface area contributed by atoms with Gasteiger partial charge in [0.1, 0.15) is 11.4 Å². The Morgan fingerprint density at radius 1 is 1.04 bits per heavy atom. The van der Waals surface area contributed by atoms with E-state index in [2.05, 4.69) is 64.3 Å². The molecule has 0 fully saturated rings. The Hall–Kier alpha value is -2.92. The molecule has 1 unspecified atom stereocenters. The number of hydrogen-bond donors (Lipinski definition) is 1. The van der Waals surface area contributed by atoms with Crippen LogP contribution in [0.25, 0.3) is 33.5 Å². The highest BCUT2D eigenvalue weighted by molar-refractivity contribution is 5.89. The van der Waals surface area contributed by atoms with Gasteiger partial charge >= 0.3 is 0 Å². The highest BCUT2D eigenvalue weighted by Crippen LogP contribution is 2.36. The van der Waals surface area contributed by atoms with Crippen LogP contribution in [0.2, 0.25) is 0 Å². The predicted octanol–water partition coefficient (Wildman–Crippen LogP) is 3.25. The zero-order valence-corrected chi connectivity index (χ0v) is 13.9. The first kappa shape index (κ1) is 14.4. The van der Waals surface area contributed by atoms with Crippen molar-refractivity contribution in [2.75, 3.05) is 0 Å². The van der Waals surface area contributed by atoms with Gasteiger partial charge in [0.2, 0.25) is 0 Å². The molecule has 0 radical (unpaired) electrons. The zero-order chi connectivity index (χ0) is 17.0. The summed E-state index contributed by atoms with van der Waals surface area (Å²) in [6.45, 7) is 3.08. The molecule has 5 heteroatoms. The van der Waals surface area contributed by atoms with Crippen LogP contribution in [0.1, 0.15) is 5.56 Å². The van der Waals surface area contributed by atoms with E-state index in [1.807, 2.05) is 16.8 Å². The second kappa shape index (κ2) is 5.29. The van der Waals surface area contributed by atoms with Crippen molar-refractivity contribution in [3.8, 4) is 22.6 Å². The third-order valence-corrected chi connectivity index (χ3v) is 4.89. The van der Waals surface area contributed by atoms with Crippen LogP contribution in [0.3, 0.4) is 0 Å². The summed E-state index contributed by atoms with van der Waals surface area (Å²) in [6.07, 6.45) is -0.497. The summed E-state index contributed by atoms with van der Waals surface area (Å²) < 4.78 is 4.01. The maximum absolute atomic E-state index is 10.5. The summed E-state index contributed by atoms with van der Waals surface area (Å²) in [6, 6.07) is 18.8. The second-order valence-electron chi connectivity index (χ2n) is 6.69. The Balaban J connectivity index is 1.80. The normalized spacial score (nSPS) is 16.5. The van der Waals surface area contributed by atoms with Crippen LogP contribution in [0.4, 0.5) is 0 Å². The van der Waals surface area contributed by atoms with Gasteiger partial charge in [-0.1, -0.05) is 53.2 Å². The quantitative estimate of drug-likeness (QED) is 0.583. The van der Waals surface area contributed by atoms with Crippen LogP contribution in [0.5, 0.6) is 0 Å². The number of aliphatic hydroxyl groups excluding tert-OH is 1. The minimum Gasteiger partial charge on any atom is -0.389 e. The molecule has 1 aliphatic heterocycles. The van der Waals surface area contributed by atoms with Gasteiger partial charge in [-0.2, -0.15) is 0 Å². The maximum atomic E-state index is 10.5. The van der Waals surface area contributed by atoms with Crippen molar-refractivity contribution in [1.29, 1.82) is 0 Å². The molecule has 4 aromatic rings. The lowest BCUT2D eigenvalue weighted by Crippen LogP contribution is -2.20. The first-order valence-electron chi connectivity index (χ1n) is 8.48. The van der Waals surface area contributed by atoms with E-state index in [0.29, 0.717) is 13.1 Å². The van der Waals surface area contributed by atoms with Gasteiger partial charge in [0.15, 0.2) is 0 Å². The SMILES string of the molecule is Cc1ccc(-c2nnn3c2-c2cc4ccccc4n2CC(O)C3)cc1. The monoisotopic (exact) mass is 330 g/mol. The van der Waals surface area contributed by atoms with E-state index in [-0.39, 0.29) is 0 Å². The summed E-state index contributed by atoms with van der Waals surface area (Å²) >= 11 is 0. The molecule has 1 aliphatic rings. The molecule has 0 spiro atoms. The summed E-state index contributed by atoms with van der Waals surface area (Å²) in [5, 5.41) is 20.4. The standard InChI is InChI=1S/C20H18N4O/c1-13-6-8-14(9-7-13)19-20-18-10-15-4-2-3-5-17(15)23(18)11-16(25)12-24(20)22-21-19/h2-10,16,25H,11-12H2,1H3. The lowest BCUT2D eigenvalue weighted by atomic mass is 10.1. The fourth-order valence-corrected chi connectivity index (χ4v) is 3.67. The Morgan fingerprint density at radius 2 is 1.84 bits per heavy atom. The largest absolute Gasteiger partial charge is 0.389 e. The van der Waals surface area contributed by atoms with Gasteiger partial charge in [-0.3, -0.25) is 0 Å². The smallest absolute Gasteiger partial charge is 0.122 e. The molecule has 1 N–H and O–H groups in total. The maximum Gasteiger partial charge on any atom is 0.122 e. The fourth-order valence-electron chi connectivity index (χ4n) is 3.67. The molecule has 0 saturated carbocycles. The van der Waals surface area contributed by atoms with Crippen molar-refractivity contribution in [3.63, 3.8) is 0 Å². The van der Waals surface area contributed by atoms with E-state index >= 15 is 0 Å². The average molecular weight is 330 g/mol. The number of rotatable bonds is 1. The molecule has 0 aliphatic carbocycles. The number of benzene rings is 2. The second-order valence-corrected chi connectivity index (χ2v) is 6.69. The lowest BCUT2D eigenvalue weighted by molar-refractivity contribution is 0.135. The molecule has 25 heavy (non-hydrogen) atoms. The van der Waals surface area contributed by atoms with Gasteiger partial charge in [-0.05, 0) is 19.1 Å². The average Bonchev–Trinajstić information content (AvgIpc) is 3.14. The zero-order valence-electron chi connectivity index (χ0n) is 13.9. The van der Waals surface area contributed by atoms with Crippen molar-refractivity contribution in [3.05, 3.63) is 60.2 Å². The lowest BCUT2D eigenvalue weighted by Gasteiger charge is -2.10. The minimum absolute atomic E-state index is 0.449. The van der Waals surface area contributed by atoms with Crippen molar-refractivity contribution >= 4 is 10.9 Å². The van der Waals surface area contributed by atoms with Crippen LogP contribution in [-0.4, -0.2) is 30.8 Å². The number of aryl methyl sites for hydroxylation is 1. The van der Waals surface area contributed by atoms with E-state index in [9.17, 15) is 5.11 Å². The van der Waals surface area contributed by atoms with Crippen molar-refractivity contribution < 1.29 is 5.11 Å². The van der Waals surface area contributed by atoms with Gasteiger partial charge in [0, 0.05) is 16.5 Å². The summed E-state index contributed by atoms with van der Waals surface area (Å²) in [4.78, 5) is 0. The molecule has 0 bridgehead atoms. The van der Waals surface area contributed by atoms with Crippen LogP contribution in [-0.2, 0) is 13.1 Å². The number of nitrogens with zero attached hydrogens (tertiary/aromatic N) is 4. The fraction of sp³-hybridized carbons (Fsp3) is 0.200. The van der Waals surface area contributed by atoms with E-state index in [1.54, 1.807) is 0 Å². The van der Waals surface area contributed by atoms with E-state index in [4.69, 9.17) is 0 Å². The molecule has 0 amide bonds. The van der Waals surface area contributed by atoms with Crippen molar-refractivity contribution in [2.24, 2.45) is 0 Å². The number of aromatic nitrogens is 4. The predicted molar refractivity (Wildman–Crippen MR) is 97.1 cm³/mol. The van der Waals surface area contributed by atoms with E-state index in [1.165, 1.54) is 5.56 Å². The van der Waals surface area contributed by atoms with Crippen LogP contribution < -0.4 is 0 Å². The molecule has 124 valence electrons. The Morgan fingerprint density at radius 3 is 2.68 bits per heavy atom. The first-order valence-corrected chi connectivity index (χ1v) is 8.48. The molecule has 5 rings (SSSR count). The Kier molecular flexibility index (Phi) is 3.05. The summed E-state index contributed by atoms with van der Waals surface area (Å²) in [5.41, 5.74) is 6.26. The molecule has 1 atom stereocenters. The first-order chi connectivity index (χ1) is 12.2. The molecule has 2 aromatic carbocycles. The third kappa shape index (κ3) is 2.20. The number of fused-ring (bicyclic) bond motifs is 5. The molecular weight excluding hydrogens is 312 g/mol. The van der Waals surface area contributed by atoms with Crippen LogP contribution in [0, 0.1) is 6.92 Å². The van der Waals surface area contributed by atoms with E-state index < -0.39 is 6.10 Å². The van der Waals surface area contributed by atoms with Gasteiger partial charge in [-0.25, -0.2) is 4.68 Å². The third-order valence-electron chi connectivity index (χ3n) is 4.89. The highest BCUT2D eigenvalue weighted by atomic mass is 16.3. The van der Waals surface area contributed by atoms with Crippen LogP contribution in [0.15, 0.2) is 54.6 Å². The van der Waals surface area contributed by atoms with Crippen LogP contribution >= 0.6 is 0 Å². The number of aliphatic hydroxyl groups is 1. The molecule has 2 aromatic heterocycles. The minimum atomic E-state index is -0.497. The Labute approximate surface area is 145 Å². The molecule has 5 nitrogen and oxygen atoms in total. The summed E-state index contributed by atoms with van der Waals surface area (Å²) in [5.74, 6) is 0. The Bertz CT molecular complexity index is 1070. The van der Waals surface area contributed by atoms with Gasteiger partial charge in [0.25, 0.3) is 0 Å². The number of para-hydroxylation sites is 1. The molecule has 0 saturated heterocycles. The molecule has 3 heterocycles. The highest BCUT2D eigenvalue weighted by Gasteiger charge is 2.26. The van der Waals surface area contributed by atoms with Gasteiger partial charge in [0.05, 0.1) is 24.9 Å². The summed E-state index contributed by atoms with van der Waals surface area (Å²) in [7, 11) is 0. The van der Waals surface area contributed by atoms with Gasteiger partial charge < -0.3 is 9.67 Å². The molecular formula is C20H18N4O. The van der Waals surface area contributed by atoms with Gasteiger partial charge in [-0.15, -0.1) is 5.10 Å².